The topological polar surface area (TPSA) is 269 Å². The molecule has 19 heteroatoms. The Balaban J connectivity index is 1.000. The SMILES string of the molecule is Cc1cc(NC(=O)c2c(O)c3cc(-c4coc(CNC(=O)c5c(O)c6cc(-c7cnc(C)c(NC(=O)c8c(O)c9ccccc9n(CC(C)C)c8=O)c7)ccc6n(CC(C)C)c5=O)c4)ccc3n(CC(C)C)c2=O)n[nH]1. The van der Waals surface area contributed by atoms with E-state index in [-0.39, 0.29) is 65.4 Å². The Bertz CT molecular complexity index is 4010. The van der Waals surface area contributed by atoms with Crippen LogP contribution in [-0.2, 0) is 26.2 Å². The van der Waals surface area contributed by atoms with Gasteiger partial charge in [-0.25, -0.2) is 0 Å². The summed E-state index contributed by atoms with van der Waals surface area (Å²) < 4.78 is 10.2. The molecule has 3 aromatic carbocycles. The minimum absolute atomic E-state index is 0.0147. The van der Waals surface area contributed by atoms with Gasteiger partial charge in [-0.3, -0.25) is 38.8 Å². The molecule has 7 N–H and O–H groups in total. The van der Waals surface area contributed by atoms with Crippen LogP contribution in [0.4, 0.5) is 11.5 Å². The van der Waals surface area contributed by atoms with Crippen LogP contribution in [0.5, 0.6) is 17.2 Å². The van der Waals surface area contributed by atoms with Gasteiger partial charge in [-0.2, -0.15) is 5.10 Å². The number of nitrogens with zero attached hydrogens (tertiary/aromatic N) is 5. The molecule has 0 aliphatic carbocycles. The number of nitrogens with one attached hydrogen (secondary N) is 4. The number of aromatic hydroxyl groups is 3. The molecule has 0 spiro atoms. The zero-order valence-electron chi connectivity index (χ0n) is 43.2. The van der Waals surface area contributed by atoms with Crippen molar-refractivity contribution in [2.45, 2.75) is 81.6 Å². The van der Waals surface area contributed by atoms with Crippen molar-refractivity contribution in [1.29, 1.82) is 0 Å². The van der Waals surface area contributed by atoms with Gasteiger partial charge >= 0.3 is 0 Å². The third-order valence-electron chi connectivity index (χ3n) is 13.0. The van der Waals surface area contributed by atoms with Crippen molar-refractivity contribution in [3.05, 3.63) is 156 Å². The fraction of sp³-hybridized carbons (Fsp3) is 0.263. The van der Waals surface area contributed by atoms with E-state index in [1.54, 1.807) is 98.9 Å². The summed E-state index contributed by atoms with van der Waals surface area (Å²) in [6.45, 7) is 15.6. The van der Waals surface area contributed by atoms with Crippen molar-refractivity contribution in [3.63, 3.8) is 0 Å². The minimum atomic E-state index is -0.869. The number of carbonyl (C=O) groups excluding carboxylic acids is 3. The van der Waals surface area contributed by atoms with Crippen molar-refractivity contribution < 1.29 is 34.1 Å². The standard InChI is InChI=1S/C57H57N9O10/c1-28(2)24-64-42-12-10-9-11-38(42)49(67)47(56(64)74)53(71)60-41-21-35(22-58-32(41)8)33-13-15-43-39(19-33)50(68)46(55(73)65(43)25-29(3)4)52(70)59-23-37-18-36(27-76-37)34-14-16-44-40(20-34)51(69)48(57(75)66(44)26-30(5)6)54(72)61-45-17-31(7)62-63-45/h9-22,27-30,67-69H,23-26H2,1-8H3,(H,59,70)(H,60,71)(H2,61,62,63,72). The second-order valence-electron chi connectivity index (χ2n) is 20.3. The number of rotatable bonds is 15. The third kappa shape index (κ3) is 9.81. The van der Waals surface area contributed by atoms with Crippen molar-refractivity contribution in [3.8, 4) is 39.5 Å². The van der Waals surface area contributed by atoms with Crippen molar-refractivity contribution in [1.82, 2.24) is 34.2 Å². The lowest BCUT2D eigenvalue weighted by Crippen LogP contribution is -2.34. The van der Waals surface area contributed by atoms with Gasteiger partial charge < -0.3 is 49.4 Å². The van der Waals surface area contributed by atoms with Crippen LogP contribution in [0.3, 0.4) is 0 Å². The summed E-state index contributed by atoms with van der Waals surface area (Å²) in [6.07, 6.45) is 3.00. The van der Waals surface area contributed by atoms with Crippen LogP contribution in [0.15, 0.2) is 110 Å². The molecule has 0 bridgehead atoms. The molecule has 9 rings (SSSR count). The maximum atomic E-state index is 14.2. The van der Waals surface area contributed by atoms with E-state index in [0.717, 1.165) is 0 Å². The summed E-state index contributed by atoms with van der Waals surface area (Å²) in [5.74, 6) is -3.53. The van der Waals surface area contributed by atoms with E-state index in [9.17, 15) is 44.1 Å². The van der Waals surface area contributed by atoms with Gasteiger partial charge in [0.05, 0.1) is 40.7 Å². The van der Waals surface area contributed by atoms with E-state index in [0.29, 0.717) is 62.1 Å². The lowest BCUT2D eigenvalue weighted by molar-refractivity contribution is 0.0941. The van der Waals surface area contributed by atoms with Crippen LogP contribution in [0.1, 0.15) is 89.8 Å². The van der Waals surface area contributed by atoms with Gasteiger partial charge in [0.25, 0.3) is 34.4 Å². The summed E-state index contributed by atoms with van der Waals surface area (Å²) in [5, 5.41) is 50.3. The van der Waals surface area contributed by atoms with Crippen LogP contribution in [0.2, 0.25) is 0 Å². The van der Waals surface area contributed by atoms with Gasteiger partial charge in [-0.15, -0.1) is 0 Å². The first-order valence-corrected chi connectivity index (χ1v) is 24.8. The van der Waals surface area contributed by atoms with E-state index in [2.05, 4.69) is 31.1 Å². The molecule has 0 aliphatic rings. The summed E-state index contributed by atoms with van der Waals surface area (Å²) >= 11 is 0. The molecular weight excluding hydrogens is 971 g/mol. The highest BCUT2D eigenvalue weighted by atomic mass is 16.3. The third-order valence-corrected chi connectivity index (χ3v) is 13.0. The zero-order valence-corrected chi connectivity index (χ0v) is 43.2. The number of aryl methyl sites for hydroxylation is 2. The minimum Gasteiger partial charge on any atom is -0.506 e. The molecule has 0 radical (unpaired) electrons. The fourth-order valence-electron chi connectivity index (χ4n) is 9.43. The van der Waals surface area contributed by atoms with Gasteiger partial charge in [-0.1, -0.05) is 65.8 Å². The van der Waals surface area contributed by atoms with E-state index < -0.39 is 68.3 Å². The molecule has 0 saturated heterocycles. The highest BCUT2D eigenvalue weighted by Crippen LogP contribution is 2.36. The molecule has 9 aromatic rings. The summed E-state index contributed by atoms with van der Waals surface area (Å²) in [4.78, 5) is 87.8. The number of amides is 3. The van der Waals surface area contributed by atoms with Crippen LogP contribution in [-0.4, -0.2) is 61.9 Å². The molecule has 76 heavy (non-hydrogen) atoms. The molecule has 19 nitrogen and oxygen atoms in total. The lowest BCUT2D eigenvalue weighted by atomic mass is 10.0. The van der Waals surface area contributed by atoms with Crippen molar-refractivity contribution in [2.75, 3.05) is 10.6 Å². The monoisotopic (exact) mass is 1030 g/mol. The van der Waals surface area contributed by atoms with Crippen molar-refractivity contribution >= 4 is 61.9 Å². The highest BCUT2D eigenvalue weighted by Gasteiger charge is 2.27. The number of hydrogen-bond acceptors (Lipinski definition) is 12. The number of aromatic nitrogens is 6. The molecule has 0 fully saturated rings. The number of fused-ring (bicyclic) bond motifs is 3. The predicted molar refractivity (Wildman–Crippen MR) is 290 cm³/mol. The number of hydrogen-bond donors (Lipinski definition) is 7. The molecular formula is C57H57N9O10. The highest BCUT2D eigenvalue weighted by molar-refractivity contribution is 6.10. The normalized spacial score (nSPS) is 11.7. The maximum absolute atomic E-state index is 14.2. The molecule has 6 aromatic heterocycles. The number of H-pyrrole nitrogens is 1. The van der Waals surface area contributed by atoms with Crippen LogP contribution < -0.4 is 32.6 Å². The van der Waals surface area contributed by atoms with E-state index in [4.69, 9.17) is 4.42 Å². The largest absolute Gasteiger partial charge is 0.506 e. The molecule has 6 heterocycles. The first-order valence-electron chi connectivity index (χ1n) is 24.8. The molecule has 3 amide bonds. The van der Waals surface area contributed by atoms with Gasteiger partial charge in [0, 0.05) is 64.9 Å². The summed E-state index contributed by atoms with van der Waals surface area (Å²) in [7, 11) is 0. The number of benzene rings is 3. The van der Waals surface area contributed by atoms with Gasteiger partial charge in [-0.05, 0) is 91.3 Å². The quantitative estimate of drug-likeness (QED) is 0.0508. The van der Waals surface area contributed by atoms with E-state index in [1.807, 2.05) is 41.5 Å². The first-order chi connectivity index (χ1) is 36.2. The van der Waals surface area contributed by atoms with Crippen LogP contribution in [0.25, 0.3) is 55.0 Å². The molecule has 0 atom stereocenters. The van der Waals surface area contributed by atoms with Gasteiger partial charge in [0.2, 0.25) is 0 Å². The summed E-state index contributed by atoms with van der Waals surface area (Å²) in [5.41, 5.74) is 1.35. The zero-order chi connectivity index (χ0) is 54.4. The molecule has 0 aliphatic heterocycles. The van der Waals surface area contributed by atoms with Crippen LogP contribution >= 0.6 is 0 Å². The second-order valence-corrected chi connectivity index (χ2v) is 20.3. The molecule has 0 unspecified atom stereocenters. The average Bonchev–Trinajstić information content (AvgIpc) is 4.09. The Labute approximate surface area is 434 Å². The number of anilines is 2. The van der Waals surface area contributed by atoms with E-state index in [1.165, 1.54) is 20.0 Å². The molecule has 0 saturated carbocycles. The second kappa shape index (κ2) is 20.6. The van der Waals surface area contributed by atoms with E-state index >= 15 is 0 Å². The summed E-state index contributed by atoms with van der Waals surface area (Å²) in [6, 6.07) is 21.8. The lowest BCUT2D eigenvalue weighted by Gasteiger charge is -2.18. The molecule has 390 valence electrons. The first kappa shape index (κ1) is 51.6. The van der Waals surface area contributed by atoms with Crippen molar-refractivity contribution in [2.24, 2.45) is 17.8 Å². The smallest absolute Gasteiger partial charge is 0.267 e. The predicted octanol–water partition coefficient (Wildman–Crippen LogP) is 8.81. The number of aromatic amines is 1. The number of furan rings is 1. The van der Waals surface area contributed by atoms with Gasteiger partial charge in [0.15, 0.2) is 5.82 Å². The fourth-order valence-corrected chi connectivity index (χ4v) is 9.43. The number of carbonyl (C=O) groups is 3. The Morgan fingerprint density at radius 1 is 0.592 bits per heavy atom. The average molecular weight is 1030 g/mol. The number of pyridine rings is 4. The Hall–Kier alpha value is -9.26. The number of para-hydroxylation sites is 1. The van der Waals surface area contributed by atoms with Gasteiger partial charge in [0.1, 0.15) is 39.7 Å². The maximum Gasteiger partial charge on any atom is 0.267 e. The van der Waals surface area contributed by atoms with Crippen LogP contribution in [0, 0.1) is 31.6 Å². The Kier molecular flexibility index (Phi) is 14.0. The Morgan fingerprint density at radius 3 is 1.63 bits per heavy atom. The Morgan fingerprint density at radius 2 is 1.09 bits per heavy atom.